The molecule has 0 aromatic heterocycles. The van der Waals surface area contributed by atoms with Crippen LogP contribution in [0.1, 0.15) is 30.4 Å². The maximum absolute atomic E-state index is 12.5. The van der Waals surface area contributed by atoms with Gasteiger partial charge in [0, 0.05) is 19.8 Å². The lowest BCUT2D eigenvalue weighted by Gasteiger charge is -2.13. The molecule has 0 spiro atoms. The zero-order valence-electron chi connectivity index (χ0n) is 13.5. The molecule has 6 heteroatoms. The second-order valence-corrected chi connectivity index (χ2v) is 7.59. The Morgan fingerprint density at radius 3 is 2.68 bits per heavy atom. The third-order valence-corrected chi connectivity index (χ3v) is 5.66. The minimum atomic E-state index is -3.54. The number of rotatable bonds is 7. The van der Waals surface area contributed by atoms with Gasteiger partial charge in [-0.25, -0.2) is 13.1 Å². The van der Waals surface area contributed by atoms with E-state index in [0.29, 0.717) is 18.2 Å². The van der Waals surface area contributed by atoms with Crippen molar-refractivity contribution in [2.75, 3.05) is 26.9 Å². The lowest BCUT2D eigenvalue weighted by molar-refractivity contribution is 0.184. The summed E-state index contributed by atoms with van der Waals surface area (Å²) < 4.78 is 38.1. The predicted molar refractivity (Wildman–Crippen MR) is 85.8 cm³/mol. The van der Waals surface area contributed by atoms with Gasteiger partial charge in [-0.2, -0.15) is 0 Å². The van der Waals surface area contributed by atoms with E-state index < -0.39 is 10.0 Å². The molecule has 1 N–H and O–H groups in total. The van der Waals surface area contributed by atoms with E-state index in [1.807, 2.05) is 13.8 Å². The van der Waals surface area contributed by atoms with Crippen molar-refractivity contribution in [3.63, 3.8) is 0 Å². The van der Waals surface area contributed by atoms with Crippen LogP contribution in [-0.2, 0) is 14.8 Å². The third-order valence-electron chi connectivity index (χ3n) is 4.17. The number of ether oxygens (including phenoxy) is 2. The van der Waals surface area contributed by atoms with Crippen molar-refractivity contribution in [1.29, 1.82) is 0 Å². The van der Waals surface area contributed by atoms with Gasteiger partial charge < -0.3 is 9.47 Å². The van der Waals surface area contributed by atoms with Crippen LogP contribution in [0.5, 0.6) is 5.75 Å². The standard InChI is InChI=1S/C16H25NO4S/c1-12-9-15(20-3)16(10-13(12)2)22(18,19)17-7-4-5-14-6-8-21-11-14/h9-10,14,17H,4-8,11H2,1-3H3. The monoisotopic (exact) mass is 327 g/mol. The van der Waals surface area contributed by atoms with Gasteiger partial charge in [0.15, 0.2) is 0 Å². The SMILES string of the molecule is COc1cc(C)c(C)cc1S(=O)(=O)NCCCC1CCOC1. The Kier molecular flexibility index (Phi) is 5.83. The molecular weight excluding hydrogens is 302 g/mol. The first-order valence-electron chi connectivity index (χ1n) is 7.66. The first-order chi connectivity index (χ1) is 10.4. The molecule has 1 atom stereocenters. The van der Waals surface area contributed by atoms with Gasteiger partial charge in [0.1, 0.15) is 10.6 Å². The third kappa shape index (κ3) is 4.21. The van der Waals surface area contributed by atoms with Gasteiger partial charge in [0.25, 0.3) is 0 Å². The zero-order chi connectivity index (χ0) is 16.2. The van der Waals surface area contributed by atoms with Gasteiger partial charge in [-0.1, -0.05) is 0 Å². The molecule has 0 aliphatic carbocycles. The van der Waals surface area contributed by atoms with Crippen molar-refractivity contribution in [2.45, 2.75) is 38.0 Å². The van der Waals surface area contributed by atoms with Crippen LogP contribution in [0.25, 0.3) is 0 Å². The molecule has 1 fully saturated rings. The number of aryl methyl sites for hydroxylation is 2. The van der Waals surface area contributed by atoms with Crippen molar-refractivity contribution in [2.24, 2.45) is 5.92 Å². The molecular formula is C16H25NO4S. The fourth-order valence-electron chi connectivity index (χ4n) is 2.62. The fraction of sp³-hybridized carbons (Fsp3) is 0.625. The summed E-state index contributed by atoms with van der Waals surface area (Å²) in [4.78, 5) is 0.210. The van der Waals surface area contributed by atoms with Gasteiger partial charge in [-0.05, 0) is 62.3 Å². The number of benzene rings is 1. The van der Waals surface area contributed by atoms with Crippen molar-refractivity contribution in [3.8, 4) is 5.75 Å². The molecule has 5 nitrogen and oxygen atoms in total. The van der Waals surface area contributed by atoms with Gasteiger partial charge in [-0.3, -0.25) is 0 Å². The maximum Gasteiger partial charge on any atom is 0.244 e. The van der Waals surface area contributed by atoms with Crippen molar-refractivity contribution in [1.82, 2.24) is 4.72 Å². The maximum atomic E-state index is 12.5. The topological polar surface area (TPSA) is 64.6 Å². The van der Waals surface area contributed by atoms with E-state index in [-0.39, 0.29) is 4.90 Å². The van der Waals surface area contributed by atoms with Crippen LogP contribution in [0.2, 0.25) is 0 Å². The lowest BCUT2D eigenvalue weighted by atomic mass is 10.0. The van der Waals surface area contributed by atoms with Crippen LogP contribution in [0, 0.1) is 19.8 Å². The van der Waals surface area contributed by atoms with E-state index in [4.69, 9.17) is 9.47 Å². The average Bonchev–Trinajstić information content (AvgIpc) is 2.99. The zero-order valence-corrected chi connectivity index (χ0v) is 14.3. The number of hydrogen-bond donors (Lipinski definition) is 1. The predicted octanol–water partition coefficient (Wildman–Crippen LogP) is 2.41. The van der Waals surface area contributed by atoms with Crippen LogP contribution in [-0.4, -0.2) is 35.3 Å². The quantitative estimate of drug-likeness (QED) is 0.781. The Labute approximate surface area is 133 Å². The highest BCUT2D eigenvalue weighted by Crippen LogP contribution is 2.27. The first-order valence-corrected chi connectivity index (χ1v) is 9.15. The van der Waals surface area contributed by atoms with E-state index in [1.54, 1.807) is 12.1 Å². The van der Waals surface area contributed by atoms with Crippen LogP contribution >= 0.6 is 0 Å². The number of methoxy groups -OCH3 is 1. The summed E-state index contributed by atoms with van der Waals surface area (Å²) in [6, 6.07) is 3.43. The van der Waals surface area contributed by atoms with E-state index in [2.05, 4.69) is 4.72 Å². The van der Waals surface area contributed by atoms with Crippen molar-refractivity contribution in [3.05, 3.63) is 23.3 Å². The molecule has 22 heavy (non-hydrogen) atoms. The molecule has 0 saturated carbocycles. The Hall–Kier alpha value is -1.11. The highest BCUT2D eigenvalue weighted by atomic mass is 32.2. The minimum absolute atomic E-state index is 0.210. The number of nitrogens with one attached hydrogen (secondary N) is 1. The van der Waals surface area contributed by atoms with Gasteiger partial charge in [0.05, 0.1) is 7.11 Å². The Morgan fingerprint density at radius 2 is 2.05 bits per heavy atom. The Morgan fingerprint density at radius 1 is 1.32 bits per heavy atom. The largest absolute Gasteiger partial charge is 0.495 e. The summed E-state index contributed by atoms with van der Waals surface area (Å²) in [6.07, 6.45) is 2.89. The van der Waals surface area contributed by atoms with E-state index in [0.717, 1.165) is 43.6 Å². The summed E-state index contributed by atoms with van der Waals surface area (Å²) in [5, 5.41) is 0. The number of hydrogen-bond acceptors (Lipinski definition) is 4. The Balaban J connectivity index is 1.98. The molecule has 1 unspecified atom stereocenters. The van der Waals surface area contributed by atoms with E-state index >= 15 is 0 Å². The van der Waals surface area contributed by atoms with Crippen LogP contribution in [0.3, 0.4) is 0 Å². The summed E-state index contributed by atoms with van der Waals surface area (Å²) in [5.41, 5.74) is 1.95. The molecule has 2 rings (SSSR count). The molecule has 1 aromatic rings. The molecule has 0 radical (unpaired) electrons. The highest BCUT2D eigenvalue weighted by molar-refractivity contribution is 7.89. The van der Waals surface area contributed by atoms with Gasteiger partial charge in [0.2, 0.25) is 10.0 Å². The molecule has 1 aliphatic heterocycles. The van der Waals surface area contributed by atoms with E-state index in [1.165, 1.54) is 7.11 Å². The molecule has 1 aromatic carbocycles. The van der Waals surface area contributed by atoms with Crippen LogP contribution in [0.15, 0.2) is 17.0 Å². The molecule has 0 bridgehead atoms. The lowest BCUT2D eigenvalue weighted by Crippen LogP contribution is -2.26. The van der Waals surface area contributed by atoms with Crippen molar-refractivity contribution < 1.29 is 17.9 Å². The molecule has 1 heterocycles. The second-order valence-electron chi connectivity index (χ2n) is 5.86. The highest BCUT2D eigenvalue weighted by Gasteiger charge is 2.21. The minimum Gasteiger partial charge on any atom is -0.495 e. The summed E-state index contributed by atoms with van der Waals surface area (Å²) in [6.45, 7) is 5.90. The molecule has 0 amide bonds. The Bertz CT molecular complexity index is 607. The molecule has 1 saturated heterocycles. The average molecular weight is 327 g/mol. The summed E-state index contributed by atoms with van der Waals surface area (Å²) in [5.74, 6) is 0.959. The van der Waals surface area contributed by atoms with Crippen molar-refractivity contribution >= 4 is 10.0 Å². The van der Waals surface area contributed by atoms with Gasteiger partial charge >= 0.3 is 0 Å². The molecule has 1 aliphatic rings. The van der Waals surface area contributed by atoms with Crippen LogP contribution < -0.4 is 9.46 Å². The summed E-state index contributed by atoms with van der Waals surface area (Å²) in [7, 11) is -2.06. The smallest absolute Gasteiger partial charge is 0.244 e. The molecule has 124 valence electrons. The summed E-state index contributed by atoms with van der Waals surface area (Å²) >= 11 is 0. The van der Waals surface area contributed by atoms with E-state index in [9.17, 15) is 8.42 Å². The normalized spacial score (nSPS) is 18.6. The first kappa shape index (κ1) is 17.2. The van der Waals surface area contributed by atoms with Crippen LogP contribution in [0.4, 0.5) is 0 Å². The fourth-order valence-corrected chi connectivity index (χ4v) is 3.93. The van der Waals surface area contributed by atoms with Gasteiger partial charge in [-0.15, -0.1) is 0 Å². The number of sulfonamides is 1. The second kappa shape index (κ2) is 7.44.